The minimum Gasteiger partial charge on any atom is -0.355 e. The molecule has 0 aliphatic carbocycles. The van der Waals surface area contributed by atoms with Crippen molar-refractivity contribution in [3.8, 4) is 0 Å². The molecular formula is C16H17ClFN3O. The van der Waals surface area contributed by atoms with Gasteiger partial charge in [-0.1, -0.05) is 11.6 Å². The van der Waals surface area contributed by atoms with Gasteiger partial charge in [-0.15, -0.1) is 0 Å². The maximum atomic E-state index is 13.1. The molecule has 22 heavy (non-hydrogen) atoms. The number of pyridine rings is 1. The number of carbonyl (C=O) groups excluding carboxylic acids is 1. The van der Waals surface area contributed by atoms with E-state index in [9.17, 15) is 9.18 Å². The zero-order valence-corrected chi connectivity index (χ0v) is 13.3. The number of carbonyl (C=O) groups is 1. The molecule has 2 rings (SSSR count). The lowest BCUT2D eigenvalue weighted by molar-refractivity contribution is 0.0914. The number of amides is 1. The second-order valence-corrected chi connectivity index (χ2v) is 6.29. The average Bonchev–Trinajstić information content (AvgIpc) is 2.41. The van der Waals surface area contributed by atoms with Crippen molar-refractivity contribution >= 4 is 28.9 Å². The minimum atomic E-state index is -0.479. The summed E-state index contributed by atoms with van der Waals surface area (Å²) in [5.74, 6) is -0.736. The average molecular weight is 322 g/mol. The molecule has 0 saturated heterocycles. The number of benzene rings is 1. The fraction of sp³-hybridized carbons (Fsp3) is 0.250. The molecule has 1 heterocycles. The molecule has 0 fully saturated rings. The van der Waals surface area contributed by atoms with E-state index in [1.165, 1.54) is 18.3 Å². The zero-order valence-electron chi connectivity index (χ0n) is 12.6. The molecule has 116 valence electrons. The molecule has 0 unspecified atom stereocenters. The Morgan fingerprint density at radius 2 is 1.86 bits per heavy atom. The van der Waals surface area contributed by atoms with E-state index in [0.29, 0.717) is 17.1 Å². The third-order valence-electron chi connectivity index (χ3n) is 2.69. The summed E-state index contributed by atoms with van der Waals surface area (Å²) < 4.78 is 13.1. The maximum Gasteiger partial charge on any atom is 0.270 e. The number of rotatable bonds is 3. The number of nitrogens with one attached hydrogen (secondary N) is 2. The molecule has 0 aliphatic heterocycles. The summed E-state index contributed by atoms with van der Waals surface area (Å²) in [6, 6.07) is 7.66. The first-order valence-electron chi connectivity index (χ1n) is 6.75. The lowest BCUT2D eigenvalue weighted by Crippen LogP contribution is -2.40. The van der Waals surface area contributed by atoms with E-state index < -0.39 is 5.82 Å². The van der Waals surface area contributed by atoms with Crippen LogP contribution in [-0.4, -0.2) is 16.4 Å². The quantitative estimate of drug-likeness (QED) is 0.893. The van der Waals surface area contributed by atoms with Crippen LogP contribution in [0.2, 0.25) is 5.02 Å². The molecule has 2 aromatic rings. The molecule has 1 aromatic heterocycles. The Hall–Kier alpha value is -2.14. The third-order valence-corrected chi connectivity index (χ3v) is 2.98. The van der Waals surface area contributed by atoms with Crippen molar-refractivity contribution < 1.29 is 9.18 Å². The van der Waals surface area contributed by atoms with Crippen molar-refractivity contribution in [1.29, 1.82) is 0 Å². The first-order chi connectivity index (χ1) is 10.2. The fourth-order valence-corrected chi connectivity index (χ4v) is 1.96. The Balaban J connectivity index is 2.17. The molecule has 0 atom stereocenters. The second kappa shape index (κ2) is 6.32. The van der Waals surface area contributed by atoms with Crippen LogP contribution < -0.4 is 10.6 Å². The molecular weight excluding hydrogens is 305 g/mol. The van der Waals surface area contributed by atoms with Crippen molar-refractivity contribution in [2.75, 3.05) is 5.32 Å². The van der Waals surface area contributed by atoms with Gasteiger partial charge in [-0.05, 0) is 51.1 Å². The van der Waals surface area contributed by atoms with E-state index in [0.717, 1.165) is 0 Å². The fourth-order valence-electron chi connectivity index (χ4n) is 1.78. The van der Waals surface area contributed by atoms with Gasteiger partial charge in [-0.3, -0.25) is 9.78 Å². The highest BCUT2D eigenvalue weighted by molar-refractivity contribution is 6.31. The smallest absolute Gasteiger partial charge is 0.270 e. The summed E-state index contributed by atoms with van der Waals surface area (Å²) in [6.07, 6.45) is 1.53. The molecule has 0 bridgehead atoms. The van der Waals surface area contributed by atoms with Gasteiger partial charge >= 0.3 is 0 Å². The highest BCUT2D eigenvalue weighted by atomic mass is 35.5. The normalized spacial score (nSPS) is 11.1. The molecule has 2 N–H and O–H groups in total. The number of hydrogen-bond acceptors (Lipinski definition) is 3. The van der Waals surface area contributed by atoms with Crippen molar-refractivity contribution in [3.05, 3.63) is 53.1 Å². The molecule has 0 aliphatic rings. The molecule has 1 amide bonds. The van der Waals surface area contributed by atoms with Gasteiger partial charge in [0.1, 0.15) is 11.5 Å². The summed E-state index contributed by atoms with van der Waals surface area (Å²) >= 11 is 5.74. The molecule has 4 nitrogen and oxygen atoms in total. The van der Waals surface area contributed by atoms with Crippen LogP contribution in [0.15, 0.2) is 36.5 Å². The molecule has 0 spiro atoms. The summed E-state index contributed by atoms with van der Waals surface area (Å²) in [7, 11) is 0. The van der Waals surface area contributed by atoms with Crippen LogP contribution in [0.1, 0.15) is 31.3 Å². The van der Waals surface area contributed by atoms with Crippen LogP contribution in [0, 0.1) is 5.82 Å². The predicted octanol–water partition coefficient (Wildman–Crippen LogP) is 4.15. The summed E-state index contributed by atoms with van der Waals surface area (Å²) in [5.41, 5.74) is 1.25. The van der Waals surface area contributed by atoms with E-state index >= 15 is 0 Å². The Morgan fingerprint density at radius 1 is 1.18 bits per heavy atom. The first kappa shape index (κ1) is 16.2. The van der Waals surface area contributed by atoms with Crippen LogP contribution in [0.3, 0.4) is 0 Å². The number of aromatic nitrogens is 1. The molecule has 0 saturated carbocycles. The summed E-state index contributed by atoms with van der Waals surface area (Å²) in [5, 5.41) is 5.93. The molecule has 1 aromatic carbocycles. The molecule has 6 heteroatoms. The topological polar surface area (TPSA) is 54.0 Å². The lowest BCUT2D eigenvalue weighted by atomic mass is 10.1. The van der Waals surface area contributed by atoms with Crippen molar-refractivity contribution in [1.82, 2.24) is 10.3 Å². The van der Waals surface area contributed by atoms with Gasteiger partial charge in [0, 0.05) is 23.1 Å². The van der Waals surface area contributed by atoms with Gasteiger partial charge in [-0.25, -0.2) is 4.39 Å². The van der Waals surface area contributed by atoms with Gasteiger partial charge in [-0.2, -0.15) is 0 Å². The highest BCUT2D eigenvalue weighted by Crippen LogP contribution is 2.22. The van der Waals surface area contributed by atoms with Crippen LogP contribution >= 0.6 is 11.6 Å². The minimum absolute atomic E-state index is 0.0322. The molecule has 0 radical (unpaired) electrons. The van der Waals surface area contributed by atoms with Crippen LogP contribution in [0.5, 0.6) is 0 Å². The van der Waals surface area contributed by atoms with Crippen LogP contribution in [0.4, 0.5) is 15.8 Å². The van der Waals surface area contributed by atoms with E-state index in [-0.39, 0.29) is 16.5 Å². The Bertz CT molecular complexity index is 698. The monoisotopic (exact) mass is 321 g/mol. The predicted molar refractivity (Wildman–Crippen MR) is 86.1 cm³/mol. The number of anilines is 2. The van der Waals surface area contributed by atoms with Gasteiger partial charge in [0.2, 0.25) is 0 Å². The van der Waals surface area contributed by atoms with E-state index in [2.05, 4.69) is 15.6 Å². The summed E-state index contributed by atoms with van der Waals surface area (Å²) in [4.78, 5) is 16.2. The largest absolute Gasteiger partial charge is 0.355 e. The van der Waals surface area contributed by atoms with E-state index in [1.807, 2.05) is 20.8 Å². The standard InChI is InChI=1S/C16H17ClFN3O/c1-16(2,3)21-15(22)14-9-11(6-7-19-14)20-10-4-5-13(18)12(17)8-10/h4-9H,1-3H3,(H,19,20)(H,21,22). The van der Waals surface area contributed by atoms with Crippen molar-refractivity contribution in [2.24, 2.45) is 0 Å². The first-order valence-corrected chi connectivity index (χ1v) is 7.13. The van der Waals surface area contributed by atoms with Gasteiger partial charge in [0.15, 0.2) is 0 Å². The Morgan fingerprint density at radius 3 is 2.50 bits per heavy atom. The Kier molecular flexibility index (Phi) is 4.66. The van der Waals surface area contributed by atoms with Gasteiger partial charge in [0.05, 0.1) is 5.02 Å². The second-order valence-electron chi connectivity index (χ2n) is 5.89. The number of hydrogen-bond donors (Lipinski definition) is 2. The van der Waals surface area contributed by atoms with E-state index in [1.54, 1.807) is 18.2 Å². The summed E-state index contributed by atoms with van der Waals surface area (Å²) in [6.45, 7) is 5.69. The number of halogens is 2. The van der Waals surface area contributed by atoms with Crippen molar-refractivity contribution in [2.45, 2.75) is 26.3 Å². The van der Waals surface area contributed by atoms with Crippen LogP contribution in [-0.2, 0) is 0 Å². The zero-order chi connectivity index (χ0) is 16.3. The highest BCUT2D eigenvalue weighted by Gasteiger charge is 2.16. The van der Waals surface area contributed by atoms with E-state index in [4.69, 9.17) is 11.6 Å². The van der Waals surface area contributed by atoms with Gasteiger partial charge < -0.3 is 10.6 Å². The van der Waals surface area contributed by atoms with Crippen molar-refractivity contribution in [3.63, 3.8) is 0 Å². The van der Waals surface area contributed by atoms with Crippen LogP contribution in [0.25, 0.3) is 0 Å². The van der Waals surface area contributed by atoms with Gasteiger partial charge in [0.25, 0.3) is 5.91 Å². The maximum absolute atomic E-state index is 13.1. The SMILES string of the molecule is CC(C)(C)NC(=O)c1cc(Nc2ccc(F)c(Cl)c2)ccn1. The Labute approximate surface area is 133 Å². The number of nitrogens with zero attached hydrogens (tertiary/aromatic N) is 1. The third kappa shape index (κ3) is 4.43. The lowest BCUT2D eigenvalue weighted by Gasteiger charge is -2.20.